The molecule has 0 spiro atoms. The summed E-state index contributed by atoms with van der Waals surface area (Å²) >= 11 is 0. The molecule has 1 aromatic carbocycles. The molecule has 0 heterocycles. The number of carboxylic acid groups (broad SMARTS) is 1. The average molecular weight is 220 g/mol. The second-order valence-corrected chi connectivity index (χ2v) is 3.10. The molecule has 1 N–H and O–H groups in total. The summed E-state index contributed by atoms with van der Waals surface area (Å²) in [6, 6.07) is 9.34. The molecule has 0 amide bonds. The van der Waals surface area contributed by atoms with Gasteiger partial charge in [-0.05, 0) is 11.6 Å². The molecule has 0 fully saturated rings. The number of carbonyl (C=O) groups excluding carboxylic acids is 1. The molecule has 0 aliphatic rings. The summed E-state index contributed by atoms with van der Waals surface area (Å²) in [5.41, 5.74) is 0.911. The number of aliphatic carboxylic acids is 1. The van der Waals surface area contributed by atoms with E-state index in [9.17, 15) is 9.59 Å². The molecule has 0 radical (unpaired) electrons. The predicted molar refractivity (Wildman–Crippen MR) is 58.4 cm³/mol. The monoisotopic (exact) mass is 220 g/mol. The number of rotatable bonds is 5. The molecule has 1 aromatic rings. The molecule has 0 aromatic heterocycles. The first-order valence-corrected chi connectivity index (χ1v) is 4.81. The van der Waals surface area contributed by atoms with E-state index in [0.717, 1.165) is 5.56 Å². The van der Waals surface area contributed by atoms with Crippen LogP contribution in [0.3, 0.4) is 0 Å². The zero-order valence-corrected chi connectivity index (χ0v) is 8.63. The number of carbonyl (C=O) groups is 2. The van der Waals surface area contributed by atoms with E-state index in [4.69, 9.17) is 9.84 Å². The molecule has 0 aliphatic carbocycles. The highest BCUT2D eigenvalue weighted by Crippen LogP contribution is 2.01. The zero-order chi connectivity index (χ0) is 11.8. The van der Waals surface area contributed by atoms with Crippen molar-refractivity contribution in [3.05, 3.63) is 42.2 Å². The van der Waals surface area contributed by atoms with Crippen LogP contribution in [-0.4, -0.2) is 17.0 Å². The number of hydrogen-bond donors (Lipinski definition) is 1. The summed E-state index contributed by atoms with van der Waals surface area (Å²) in [6.45, 7) is 0. The molecule has 0 unspecified atom stereocenters. The molecule has 0 atom stereocenters. The Morgan fingerprint density at radius 1 is 1.19 bits per heavy atom. The van der Waals surface area contributed by atoms with Crippen LogP contribution < -0.4 is 0 Å². The molecule has 0 saturated carbocycles. The van der Waals surface area contributed by atoms with Gasteiger partial charge in [-0.1, -0.05) is 30.3 Å². The first kappa shape index (κ1) is 12.0. The van der Waals surface area contributed by atoms with Crippen LogP contribution in [0.1, 0.15) is 18.4 Å². The van der Waals surface area contributed by atoms with E-state index in [0.29, 0.717) is 0 Å². The Bertz CT molecular complexity index is 381. The van der Waals surface area contributed by atoms with Gasteiger partial charge < -0.3 is 9.84 Å². The van der Waals surface area contributed by atoms with Crippen molar-refractivity contribution in [1.29, 1.82) is 0 Å². The van der Waals surface area contributed by atoms with Gasteiger partial charge in [0.1, 0.15) is 0 Å². The van der Waals surface area contributed by atoms with Gasteiger partial charge in [0.05, 0.1) is 19.1 Å². The lowest BCUT2D eigenvalue weighted by Crippen LogP contribution is -2.03. The molecule has 0 saturated heterocycles. The van der Waals surface area contributed by atoms with Crippen molar-refractivity contribution >= 4 is 18.0 Å². The van der Waals surface area contributed by atoms with Gasteiger partial charge in [0.2, 0.25) is 0 Å². The number of carboxylic acids is 1. The van der Waals surface area contributed by atoms with Gasteiger partial charge in [-0.3, -0.25) is 9.59 Å². The average Bonchev–Trinajstić information content (AvgIpc) is 2.28. The number of ether oxygens (including phenoxy) is 1. The maximum absolute atomic E-state index is 11.0. The van der Waals surface area contributed by atoms with E-state index in [1.165, 1.54) is 6.26 Å². The lowest BCUT2D eigenvalue weighted by molar-refractivity contribution is -0.144. The highest BCUT2D eigenvalue weighted by molar-refractivity contribution is 5.77. The third kappa shape index (κ3) is 4.95. The molecule has 1 rings (SSSR count). The van der Waals surface area contributed by atoms with E-state index >= 15 is 0 Å². The normalized spacial score (nSPS) is 10.2. The van der Waals surface area contributed by atoms with Crippen LogP contribution in [0.2, 0.25) is 0 Å². The van der Waals surface area contributed by atoms with Gasteiger partial charge in [0.15, 0.2) is 0 Å². The summed E-state index contributed by atoms with van der Waals surface area (Å²) in [4.78, 5) is 21.2. The summed E-state index contributed by atoms with van der Waals surface area (Å²) in [7, 11) is 0. The van der Waals surface area contributed by atoms with E-state index in [1.54, 1.807) is 6.08 Å². The Kier molecular flexibility index (Phi) is 4.79. The van der Waals surface area contributed by atoms with Crippen LogP contribution in [0, 0.1) is 0 Å². The van der Waals surface area contributed by atoms with E-state index in [1.807, 2.05) is 30.3 Å². The fourth-order valence-corrected chi connectivity index (χ4v) is 1.02. The summed E-state index contributed by atoms with van der Waals surface area (Å²) in [5.74, 6) is -1.56. The fraction of sp³-hybridized carbons (Fsp3) is 0.167. The third-order valence-corrected chi connectivity index (χ3v) is 1.80. The van der Waals surface area contributed by atoms with E-state index in [2.05, 4.69) is 0 Å². The van der Waals surface area contributed by atoms with Crippen molar-refractivity contribution in [2.75, 3.05) is 0 Å². The minimum absolute atomic E-state index is 0.117. The Labute approximate surface area is 93.2 Å². The maximum Gasteiger partial charge on any atom is 0.311 e. The fourth-order valence-electron chi connectivity index (χ4n) is 1.02. The SMILES string of the molecule is O=C(O)CCC(=O)OC=Cc1ccccc1. The zero-order valence-electron chi connectivity index (χ0n) is 8.63. The Balaban J connectivity index is 2.32. The van der Waals surface area contributed by atoms with Crippen molar-refractivity contribution in [2.45, 2.75) is 12.8 Å². The van der Waals surface area contributed by atoms with Gasteiger partial charge in [-0.15, -0.1) is 0 Å². The van der Waals surface area contributed by atoms with Crippen LogP contribution in [0.25, 0.3) is 6.08 Å². The topological polar surface area (TPSA) is 63.6 Å². The van der Waals surface area contributed by atoms with Crippen molar-refractivity contribution in [2.24, 2.45) is 0 Å². The van der Waals surface area contributed by atoms with Crippen LogP contribution in [0.4, 0.5) is 0 Å². The molecule has 16 heavy (non-hydrogen) atoms. The maximum atomic E-state index is 11.0. The minimum atomic E-state index is -1.01. The molecule has 0 aliphatic heterocycles. The molecule has 0 bridgehead atoms. The van der Waals surface area contributed by atoms with Crippen molar-refractivity contribution in [1.82, 2.24) is 0 Å². The highest BCUT2D eigenvalue weighted by Gasteiger charge is 2.04. The first-order valence-electron chi connectivity index (χ1n) is 4.81. The van der Waals surface area contributed by atoms with Crippen molar-refractivity contribution < 1.29 is 19.4 Å². The number of hydrogen-bond acceptors (Lipinski definition) is 3. The lowest BCUT2D eigenvalue weighted by atomic mass is 10.2. The van der Waals surface area contributed by atoms with Crippen molar-refractivity contribution in [3.63, 3.8) is 0 Å². The largest absolute Gasteiger partial charge is 0.481 e. The van der Waals surface area contributed by atoms with Gasteiger partial charge >= 0.3 is 11.9 Å². The number of esters is 1. The molecule has 4 nitrogen and oxygen atoms in total. The van der Waals surface area contributed by atoms with Crippen LogP contribution in [0.5, 0.6) is 0 Å². The van der Waals surface area contributed by atoms with E-state index in [-0.39, 0.29) is 12.8 Å². The molecular formula is C12H12O4. The minimum Gasteiger partial charge on any atom is -0.481 e. The van der Waals surface area contributed by atoms with Crippen LogP contribution >= 0.6 is 0 Å². The summed E-state index contributed by atoms with van der Waals surface area (Å²) in [6.07, 6.45) is 2.57. The first-order chi connectivity index (χ1) is 7.68. The summed E-state index contributed by atoms with van der Waals surface area (Å²) < 4.78 is 4.71. The van der Waals surface area contributed by atoms with Gasteiger partial charge in [-0.25, -0.2) is 0 Å². The molecule has 4 heteroatoms. The molecule has 84 valence electrons. The quantitative estimate of drug-likeness (QED) is 0.609. The Morgan fingerprint density at radius 2 is 1.88 bits per heavy atom. The Morgan fingerprint density at radius 3 is 2.50 bits per heavy atom. The van der Waals surface area contributed by atoms with Crippen LogP contribution in [0.15, 0.2) is 36.6 Å². The van der Waals surface area contributed by atoms with Gasteiger partial charge in [0, 0.05) is 0 Å². The lowest BCUT2D eigenvalue weighted by Gasteiger charge is -1.96. The van der Waals surface area contributed by atoms with Crippen LogP contribution in [-0.2, 0) is 14.3 Å². The second-order valence-electron chi connectivity index (χ2n) is 3.10. The highest BCUT2D eigenvalue weighted by atomic mass is 16.5. The third-order valence-electron chi connectivity index (χ3n) is 1.80. The van der Waals surface area contributed by atoms with E-state index < -0.39 is 11.9 Å². The second kappa shape index (κ2) is 6.40. The number of benzene rings is 1. The van der Waals surface area contributed by atoms with Gasteiger partial charge in [0.25, 0.3) is 0 Å². The van der Waals surface area contributed by atoms with Crippen molar-refractivity contribution in [3.8, 4) is 0 Å². The smallest absolute Gasteiger partial charge is 0.311 e. The molecular weight excluding hydrogens is 208 g/mol. The standard InChI is InChI=1S/C12H12O4/c13-11(14)6-7-12(15)16-9-8-10-4-2-1-3-5-10/h1-5,8-9H,6-7H2,(H,13,14). The summed E-state index contributed by atoms with van der Waals surface area (Å²) in [5, 5.41) is 8.34. The predicted octanol–water partition coefficient (Wildman–Crippen LogP) is 2.07. The Hall–Kier alpha value is -2.10. The van der Waals surface area contributed by atoms with Gasteiger partial charge in [-0.2, -0.15) is 0 Å².